The van der Waals surface area contributed by atoms with Crippen LogP contribution in [0.25, 0.3) is 0 Å². The minimum absolute atomic E-state index is 0.0526. The molecule has 1 amide bonds. The molecular formula is C15H22N2O3. The van der Waals surface area contributed by atoms with Crippen molar-refractivity contribution in [2.75, 3.05) is 0 Å². The monoisotopic (exact) mass is 278 g/mol. The minimum Gasteiger partial charge on any atom is -0.481 e. The second kappa shape index (κ2) is 6.25. The standard InChI is InChI=1S/C15H22N2O3/c16-10-11-5-4-6-12(11)17-13(18)9-15(14(19)20)7-2-1-3-8-15/h11-12H,1-9H2,(H,17,18)(H,19,20). The number of nitrogens with zero attached hydrogens (tertiary/aromatic N) is 1. The largest absolute Gasteiger partial charge is 0.481 e. The van der Waals surface area contributed by atoms with Crippen molar-refractivity contribution in [1.29, 1.82) is 5.26 Å². The van der Waals surface area contributed by atoms with E-state index in [2.05, 4.69) is 11.4 Å². The number of aliphatic carboxylic acids is 1. The van der Waals surface area contributed by atoms with Gasteiger partial charge in [0, 0.05) is 12.5 Å². The fraction of sp³-hybridized carbons (Fsp3) is 0.800. The first-order valence-corrected chi connectivity index (χ1v) is 7.50. The molecule has 0 aliphatic heterocycles. The summed E-state index contributed by atoms with van der Waals surface area (Å²) in [7, 11) is 0. The molecule has 20 heavy (non-hydrogen) atoms. The van der Waals surface area contributed by atoms with E-state index in [-0.39, 0.29) is 24.3 Å². The number of nitrogens with one attached hydrogen (secondary N) is 1. The summed E-state index contributed by atoms with van der Waals surface area (Å²) in [6.45, 7) is 0. The van der Waals surface area contributed by atoms with E-state index in [1.807, 2.05) is 0 Å². The van der Waals surface area contributed by atoms with Gasteiger partial charge in [0.25, 0.3) is 0 Å². The van der Waals surface area contributed by atoms with Crippen LogP contribution in [0.15, 0.2) is 0 Å². The van der Waals surface area contributed by atoms with Crippen LogP contribution >= 0.6 is 0 Å². The Bertz CT molecular complexity index is 421. The van der Waals surface area contributed by atoms with Gasteiger partial charge in [0.05, 0.1) is 17.4 Å². The highest BCUT2D eigenvalue weighted by atomic mass is 16.4. The predicted octanol–water partition coefficient (Wildman–Crippen LogP) is 2.22. The highest BCUT2D eigenvalue weighted by molar-refractivity contribution is 5.85. The van der Waals surface area contributed by atoms with Crippen LogP contribution in [0.1, 0.15) is 57.8 Å². The number of carboxylic acid groups (broad SMARTS) is 1. The second-order valence-electron chi connectivity index (χ2n) is 6.16. The van der Waals surface area contributed by atoms with E-state index in [4.69, 9.17) is 5.26 Å². The lowest BCUT2D eigenvalue weighted by Crippen LogP contribution is -2.43. The van der Waals surface area contributed by atoms with Crippen LogP contribution in [-0.4, -0.2) is 23.0 Å². The van der Waals surface area contributed by atoms with Crippen molar-refractivity contribution in [2.24, 2.45) is 11.3 Å². The van der Waals surface area contributed by atoms with E-state index >= 15 is 0 Å². The fourth-order valence-corrected chi connectivity index (χ4v) is 3.55. The molecule has 2 aliphatic carbocycles. The topological polar surface area (TPSA) is 90.2 Å². The zero-order valence-corrected chi connectivity index (χ0v) is 11.7. The van der Waals surface area contributed by atoms with Crippen molar-refractivity contribution >= 4 is 11.9 Å². The Balaban J connectivity index is 1.95. The molecule has 5 nitrogen and oxygen atoms in total. The van der Waals surface area contributed by atoms with Crippen LogP contribution in [-0.2, 0) is 9.59 Å². The summed E-state index contributed by atoms with van der Waals surface area (Å²) < 4.78 is 0. The van der Waals surface area contributed by atoms with E-state index in [0.717, 1.165) is 38.5 Å². The summed E-state index contributed by atoms with van der Waals surface area (Å²) in [5.41, 5.74) is -0.886. The van der Waals surface area contributed by atoms with Crippen LogP contribution in [0, 0.1) is 22.7 Å². The number of amides is 1. The maximum Gasteiger partial charge on any atom is 0.310 e. The molecule has 2 aliphatic rings. The van der Waals surface area contributed by atoms with Crippen LogP contribution in [0.5, 0.6) is 0 Å². The third kappa shape index (κ3) is 3.12. The lowest BCUT2D eigenvalue weighted by Gasteiger charge is -2.33. The fourth-order valence-electron chi connectivity index (χ4n) is 3.55. The van der Waals surface area contributed by atoms with Crippen LogP contribution in [0.2, 0.25) is 0 Å². The first-order chi connectivity index (χ1) is 9.57. The third-order valence-electron chi connectivity index (χ3n) is 4.79. The van der Waals surface area contributed by atoms with Gasteiger partial charge in [-0.15, -0.1) is 0 Å². The van der Waals surface area contributed by atoms with Crippen LogP contribution in [0.4, 0.5) is 0 Å². The highest BCUT2D eigenvalue weighted by Crippen LogP contribution is 2.39. The van der Waals surface area contributed by atoms with E-state index in [1.54, 1.807) is 0 Å². The van der Waals surface area contributed by atoms with E-state index < -0.39 is 11.4 Å². The van der Waals surface area contributed by atoms with Crippen molar-refractivity contribution in [3.8, 4) is 6.07 Å². The lowest BCUT2D eigenvalue weighted by atomic mass is 9.71. The van der Waals surface area contributed by atoms with Gasteiger partial charge in [0.15, 0.2) is 0 Å². The van der Waals surface area contributed by atoms with Crippen molar-refractivity contribution in [3.05, 3.63) is 0 Å². The molecule has 0 aromatic rings. The van der Waals surface area contributed by atoms with Crippen LogP contribution in [0.3, 0.4) is 0 Å². The third-order valence-corrected chi connectivity index (χ3v) is 4.79. The van der Waals surface area contributed by atoms with Gasteiger partial charge in [-0.25, -0.2) is 0 Å². The molecule has 0 saturated heterocycles. The zero-order valence-electron chi connectivity index (χ0n) is 11.7. The number of hydrogen-bond donors (Lipinski definition) is 2. The van der Waals surface area contributed by atoms with Gasteiger partial charge in [-0.2, -0.15) is 5.26 Å². The number of nitriles is 1. The second-order valence-corrected chi connectivity index (χ2v) is 6.16. The number of carbonyl (C=O) groups excluding carboxylic acids is 1. The predicted molar refractivity (Wildman–Crippen MR) is 72.7 cm³/mol. The number of carboxylic acids is 1. The van der Waals surface area contributed by atoms with Gasteiger partial charge in [-0.1, -0.05) is 19.3 Å². The molecule has 2 unspecified atom stereocenters. The Hall–Kier alpha value is -1.57. The smallest absolute Gasteiger partial charge is 0.310 e. The Morgan fingerprint density at radius 3 is 2.50 bits per heavy atom. The van der Waals surface area contributed by atoms with Gasteiger partial charge in [-0.05, 0) is 32.1 Å². The molecule has 2 fully saturated rings. The van der Waals surface area contributed by atoms with E-state index in [1.165, 1.54) is 0 Å². The Kier molecular flexibility index (Phi) is 4.64. The van der Waals surface area contributed by atoms with Crippen molar-refractivity contribution in [1.82, 2.24) is 5.32 Å². The maximum absolute atomic E-state index is 12.2. The average Bonchev–Trinajstić information content (AvgIpc) is 2.86. The molecule has 5 heteroatoms. The Morgan fingerprint density at radius 1 is 1.20 bits per heavy atom. The quantitative estimate of drug-likeness (QED) is 0.825. The molecular weight excluding hydrogens is 256 g/mol. The number of hydrogen-bond acceptors (Lipinski definition) is 3. The minimum atomic E-state index is -0.886. The number of rotatable bonds is 4. The molecule has 2 saturated carbocycles. The summed E-state index contributed by atoms with van der Waals surface area (Å²) in [6.07, 6.45) is 6.63. The van der Waals surface area contributed by atoms with Gasteiger partial charge in [-0.3, -0.25) is 9.59 Å². The van der Waals surface area contributed by atoms with E-state index in [0.29, 0.717) is 12.8 Å². The molecule has 0 aromatic heterocycles. The molecule has 0 heterocycles. The molecule has 0 aromatic carbocycles. The summed E-state index contributed by atoms with van der Waals surface area (Å²) in [4.78, 5) is 23.7. The molecule has 0 radical (unpaired) electrons. The van der Waals surface area contributed by atoms with Gasteiger partial charge in [0.1, 0.15) is 0 Å². The van der Waals surface area contributed by atoms with Gasteiger partial charge < -0.3 is 10.4 Å². The zero-order chi connectivity index (χ0) is 14.6. The molecule has 0 bridgehead atoms. The van der Waals surface area contributed by atoms with Gasteiger partial charge in [0.2, 0.25) is 5.91 Å². The van der Waals surface area contributed by atoms with Gasteiger partial charge >= 0.3 is 5.97 Å². The molecule has 2 rings (SSSR count). The SMILES string of the molecule is N#CC1CCCC1NC(=O)CC1(C(=O)O)CCCCC1. The normalized spacial score (nSPS) is 28.6. The lowest BCUT2D eigenvalue weighted by molar-refractivity contribution is -0.154. The first kappa shape index (κ1) is 14.8. The van der Waals surface area contributed by atoms with Crippen molar-refractivity contribution in [3.63, 3.8) is 0 Å². The van der Waals surface area contributed by atoms with Crippen molar-refractivity contribution in [2.45, 2.75) is 63.8 Å². The number of carbonyl (C=O) groups is 2. The summed E-state index contributed by atoms with van der Waals surface area (Å²) in [5, 5.41) is 21.4. The molecule has 2 N–H and O–H groups in total. The van der Waals surface area contributed by atoms with E-state index in [9.17, 15) is 14.7 Å². The Labute approximate surface area is 119 Å². The highest BCUT2D eigenvalue weighted by Gasteiger charge is 2.42. The molecule has 0 spiro atoms. The van der Waals surface area contributed by atoms with Crippen molar-refractivity contribution < 1.29 is 14.7 Å². The summed E-state index contributed by atoms with van der Waals surface area (Å²) >= 11 is 0. The Morgan fingerprint density at radius 2 is 1.90 bits per heavy atom. The first-order valence-electron chi connectivity index (χ1n) is 7.50. The summed E-state index contributed by atoms with van der Waals surface area (Å²) in [6, 6.07) is 2.13. The van der Waals surface area contributed by atoms with Crippen LogP contribution < -0.4 is 5.32 Å². The summed E-state index contributed by atoms with van der Waals surface area (Å²) in [5.74, 6) is -1.18. The molecule has 2 atom stereocenters. The average molecular weight is 278 g/mol. The molecule has 110 valence electrons. The maximum atomic E-state index is 12.2.